The van der Waals surface area contributed by atoms with Crippen LogP contribution in [0.15, 0.2) is 18.2 Å². The highest BCUT2D eigenvalue weighted by Crippen LogP contribution is 2.32. The number of nitrogens with one attached hydrogen (secondary N) is 1. The van der Waals surface area contributed by atoms with E-state index in [2.05, 4.69) is 10.1 Å². The molecule has 2 rings (SSSR count). The Bertz CT molecular complexity index is 535. The largest absolute Gasteiger partial charge is 0.435 e. The van der Waals surface area contributed by atoms with Crippen molar-refractivity contribution in [2.75, 3.05) is 0 Å². The van der Waals surface area contributed by atoms with Crippen molar-refractivity contribution in [1.82, 2.24) is 5.32 Å². The number of halogens is 2. The zero-order valence-electron chi connectivity index (χ0n) is 12.8. The smallest absolute Gasteiger partial charge is 0.387 e. The van der Waals surface area contributed by atoms with Gasteiger partial charge in [0.2, 0.25) is 5.91 Å². The summed E-state index contributed by atoms with van der Waals surface area (Å²) in [4.78, 5) is 12.2. The van der Waals surface area contributed by atoms with Gasteiger partial charge in [-0.3, -0.25) is 4.79 Å². The van der Waals surface area contributed by atoms with Gasteiger partial charge in [-0.1, -0.05) is 13.0 Å². The quantitative estimate of drug-likeness (QED) is 0.878. The van der Waals surface area contributed by atoms with Crippen LogP contribution in [0.25, 0.3) is 0 Å². The minimum absolute atomic E-state index is 0.0826. The molecule has 1 aromatic carbocycles. The second kappa shape index (κ2) is 7.05. The number of aryl methyl sites for hydroxylation is 1. The van der Waals surface area contributed by atoms with Crippen molar-refractivity contribution >= 4 is 5.91 Å². The lowest BCUT2D eigenvalue weighted by atomic mass is 9.87. The molecule has 3 N–H and O–H groups in total. The first-order valence-corrected chi connectivity index (χ1v) is 7.52. The number of benzene rings is 1. The second-order valence-corrected chi connectivity index (χ2v) is 5.84. The van der Waals surface area contributed by atoms with E-state index >= 15 is 0 Å². The number of hydrogen-bond acceptors (Lipinski definition) is 3. The normalized spacial score (nSPS) is 20.2. The average Bonchev–Trinajstić information content (AvgIpc) is 2.45. The molecule has 3 unspecified atom stereocenters. The molecule has 0 heterocycles. The van der Waals surface area contributed by atoms with Crippen LogP contribution in [0.3, 0.4) is 0 Å². The molecule has 122 valence electrons. The van der Waals surface area contributed by atoms with Crippen LogP contribution in [-0.2, 0) is 11.2 Å². The molecule has 0 saturated carbocycles. The van der Waals surface area contributed by atoms with E-state index in [-0.39, 0.29) is 29.7 Å². The van der Waals surface area contributed by atoms with Crippen LogP contribution in [0.1, 0.15) is 43.9 Å². The van der Waals surface area contributed by atoms with Crippen LogP contribution in [0.5, 0.6) is 5.75 Å². The van der Waals surface area contributed by atoms with Crippen LogP contribution >= 0.6 is 0 Å². The highest BCUT2D eigenvalue weighted by molar-refractivity contribution is 5.79. The summed E-state index contributed by atoms with van der Waals surface area (Å²) >= 11 is 0. The van der Waals surface area contributed by atoms with Gasteiger partial charge in [0.05, 0.1) is 6.04 Å². The van der Waals surface area contributed by atoms with Gasteiger partial charge in [-0.25, -0.2) is 0 Å². The molecule has 1 aliphatic rings. The molecule has 0 fully saturated rings. The van der Waals surface area contributed by atoms with Gasteiger partial charge in [0.15, 0.2) is 0 Å². The van der Waals surface area contributed by atoms with Crippen LogP contribution in [-0.4, -0.2) is 18.6 Å². The van der Waals surface area contributed by atoms with Gasteiger partial charge in [-0.15, -0.1) is 0 Å². The Morgan fingerprint density at radius 1 is 1.41 bits per heavy atom. The van der Waals surface area contributed by atoms with Crippen LogP contribution in [0, 0.1) is 5.92 Å². The highest BCUT2D eigenvalue weighted by atomic mass is 19.3. The summed E-state index contributed by atoms with van der Waals surface area (Å²) in [5, 5.41) is 3.01. The molecule has 0 aromatic heterocycles. The van der Waals surface area contributed by atoms with Crippen molar-refractivity contribution in [3.8, 4) is 5.75 Å². The maximum atomic E-state index is 12.3. The van der Waals surface area contributed by atoms with E-state index in [0.717, 1.165) is 30.4 Å². The molecule has 3 atom stereocenters. The zero-order valence-corrected chi connectivity index (χ0v) is 12.8. The monoisotopic (exact) mass is 312 g/mol. The highest BCUT2D eigenvalue weighted by Gasteiger charge is 2.25. The molecular weight excluding hydrogens is 290 g/mol. The lowest BCUT2D eigenvalue weighted by molar-refractivity contribution is -0.125. The van der Waals surface area contributed by atoms with Crippen LogP contribution in [0.4, 0.5) is 8.78 Å². The number of nitrogens with two attached hydrogens (primary N) is 1. The van der Waals surface area contributed by atoms with Gasteiger partial charge in [0, 0.05) is 12.0 Å². The first-order chi connectivity index (χ1) is 10.4. The lowest BCUT2D eigenvalue weighted by Crippen LogP contribution is -2.41. The van der Waals surface area contributed by atoms with E-state index in [1.807, 2.05) is 0 Å². The third-order valence-corrected chi connectivity index (χ3v) is 4.17. The van der Waals surface area contributed by atoms with Crippen LogP contribution < -0.4 is 15.8 Å². The minimum Gasteiger partial charge on any atom is -0.435 e. The van der Waals surface area contributed by atoms with Gasteiger partial charge in [-0.05, 0) is 49.4 Å². The fourth-order valence-electron chi connectivity index (χ4n) is 2.66. The van der Waals surface area contributed by atoms with Crippen molar-refractivity contribution in [2.45, 2.75) is 51.8 Å². The maximum Gasteiger partial charge on any atom is 0.387 e. The minimum atomic E-state index is -2.83. The third kappa shape index (κ3) is 3.94. The second-order valence-electron chi connectivity index (χ2n) is 5.84. The topological polar surface area (TPSA) is 64.4 Å². The predicted octanol–water partition coefficient (Wildman–Crippen LogP) is 2.76. The number of carbonyl (C=O) groups excluding carboxylic acids is 1. The van der Waals surface area contributed by atoms with E-state index in [0.29, 0.717) is 0 Å². The van der Waals surface area contributed by atoms with Crippen molar-refractivity contribution in [3.63, 3.8) is 0 Å². The number of rotatable bonds is 5. The van der Waals surface area contributed by atoms with E-state index < -0.39 is 6.61 Å². The predicted molar refractivity (Wildman–Crippen MR) is 79.7 cm³/mol. The van der Waals surface area contributed by atoms with Gasteiger partial charge < -0.3 is 15.8 Å². The Balaban J connectivity index is 2.13. The first-order valence-electron chi connectivity index (χ1n) is 7.52. The Hall–Kier alpha value is -1.69. The molecule has 0 radical (unpaired) electrons. The van der Waals surface area contributed by atoms with Gasteiger partial charge in [0.1, 0.15) is 5.75 Å². The van der Waals surface area contributed by atoms with E-state index in [4.69, 9.17) is 5.73 Å². The SMILES string of the molecule is CC(N)C(C)C(=O)NC1CCCc2cc(OC(F)F)ccc21. The maximum absolute atomic E-state index is 12.3. The number of amides is 1. The molecule has 1 aliphatic carbocycles. The Morgan fingerprint density at radius 2 is 2.14 bits per heavy atom. The van der Waals surface area contributed by atoms with Gasteiger partial charge in [0.25, 0.3) is 0 Å². The Kier molecular flexibility index (Phi) is 5.34. The summed E-state index contributed by atoms with van der Waals surface area (Å²) in [6, 6.07) is 4.59. The van der Waals surface area contributed by atoms with E-state index in [1.54, 1.807) is 26.0 Å². The average molecular weight is 312 g/mol. The fourth-order valence-corrected chi connectivity index (χ4v) is 2.66. The van der Waals surface area contributed by atoms with Crippen LogP contribution in [0.2, 0.25) is 0 Å². The molecular formula is C16H22F2N2O2. The molecule has 0 aliphatic heterocycles. The molecule has 0 saturated heterocycles. The van der Waals surface area contributed by atoms with Crippen molar-refractivity contribution in [2.24, 2.45) is 11.7 Å². The molecule has 0 spiro atoms. The number of hydrogen-bond donors (Lipinski definition) is 2. The third-order valence-electron chi connectivity index (χ3n) is 4.17. The van der Waals surface area contributed by atoms with E-state index in [9.17, 15) is 13.6 Å². The van der Waals surface area contributed by atoms with Crippen molar-refractivity contribution in [1.29, 1.82) is 0 Å². The van der Waals surface area contributed by atoms with Gasteiger partial charge >= 0.3 is 6.61 Å². The number of fused-ring (bicyclic) bond motifs is 1. The van der Waals surface area contributed by atoms with Crippen molar-refractivity contribution in [3.05, 3.63) is 29.3 Å². The Morgan fingerprint density at radius 3 is 2.77 bits per heavy atom. The summed E-state index contributed by atoms with van der Waals surface area (Å²) in [5.41, 5.74) is 7.67. The zero-order chi connectivity index (χ0) is 16.3. The molecule has 4 nitrogen and oxygen atoms in total. The fraction of sp³-hybridized carbons (Fsp3) is 0.562. The summed E-state index contributed by atoms with van der Waals surface area (Å²) in [6.45, 7) is 0.764. The molecule has 0 bridgehead atoms. The lowest BCUT2D eigenvalue weighted by Gasteiger charge is -2.28. The molecule has 1 amide bonds. The molecule has 22 heavy (non-hydrogen) atoms. The van der Waals surface area contributed by atoms with Gasteiger partial charge in [-0.2, -0.15) is 8.78 Å². The summed E-state index contributed by atoms with van der Waals surface area (Å²) < 4.78 is 29.0. The summed E-state index contributed by atoms with van der Waals surface area (Å²) in [5.74, 6) is -0.197. The summed E-state index contributed by atoms with van der Waals surface area (Å²) in [7, 11) is 0. The number of alkyl halides is 2. The summed E-state index contributed by atoms with van der Waals surface area (Å²) in [6.07, 6.45) is 2.52. The molecule has 1 aromatic rings. The van der Waals surface area contributed by atoms with Crippen molar-refractivity contribution < 1.29 is 18.3 Å². The molecule has 6 heteroatoms. The number of ether oxygens (including phenoxy) is 1. The first kappa shape index (κ1) is 16.7. The van der Waals surface area contributed by atoms with E-state index in [1.165, 1.54) is 6.07 Å². The standard InChI is InChI=1S/C16H22F2N2O2/c1-9(10(2)19)15(21)20-14-5-3-4-11-8-12(22-16(17)18)6-7-13(11)14/h6-10,14,16H,3-5,19H2,1-2H3,(H,20,21). The Labute approximate surface area is 129 Å². The number of carbonyl (C=O) groups is 1.